The highest BCUT2D eigenvalue weighted by atomic mass is 32.1. The van der Waals surface area contributed by atoms with E-state index in [1.54, 1.807) is 29.7 Å². The summed E-state index contributed by atoms with van der Waals surface area (Å²) in [7, 11) is 0. The van der Waals surface area contributed by atoms with Crippen molar-refractivity contribution in [3.8, 4) is 0 Å². The Bertz CT molecular complexity index is 947. The molecule has 7 heteroatoms. The van der Waals surface area contributed by atoms with Crippen LogP contribution in [0.25, 0.3) is 0 Å². The molecular formula is C21H21FN4OS. The van der Waals surface area contributed by atoms with Crippen LogP contribution in [-0.4, -0.2) is 33.9 Å². The first kappa shape index (κ1) is 18.6. The number of thiophene rings is 1. The lowest BCUT2D eigenvalue weighted by molar-refractivity contribution is -0.131. The maximum Gasteiger partial charge on any atom is 0.227 e. The normalized spacial score (nSPS) is 16.8. The summed E-state index contributed by atoms with van der Waals surface area (Å²) in [4.78, 5) is 24.5. The van der Waals surface area contributed by atoms with E-state index in [2.05, 4.69) is 15.3 Å². The summed E-state index contributed by atoms with van der Waals surface area (Å²) in [5, 5.41) is 5.04. The third-order valence-electron chi connectivity index (χ3n) is 4.86. The van der Waals surface area contributed by atoms with Crippen molar-refractivity contribution in [3.05, 3.63) is 70.4 Å². The van der Waals surface area contributed by atoms with Gasteiger partial charge in [-0.15, -0.1) is 11.3 Å². The van der Waals surface area contributed by atoms with E-state index in [4.69, 9.17) is 0 Å². The van der Waals surface area contributed by atoms with Crippen LogP contribution >= 0.6 is 11.3 Å². The molecule has 0 spiro atoms. The molecule has 2 aromatic heterocycles. The average Bonchev–Trinajstić information content (AvgIpc) is 3.21. The quantitative estimate of drug-likeness (QED) is 0.696. The molecule has 0 radical (unpaired) electrons. The van der Waals surface area contributed by atoms with Gasteiger partial charge in [0.25, 0.3) is 0 Å². The van der Waals surface area contributed by atoms with E-state index in [0.29, 0.717) is 24.6 Å². The maximum absolute atomic E-state index is 13.4. The largest absolute Gasteiger partial charge is 0.342 e. The number of carbonyl (C=O) groups is 1. The molecule has 5 nitrogen and oxygen atoms in total. The Morgan fingerprint density at radius 1 is 1.29 bits per heavy atom. The van der Waals surface area contributed by atoms with E-state index < -0.39 is 0 Å². The molecule has 1 aliphatic heterocycles. The number of hydrogen-bond acceptors (Lipinski definition) is 5. The zero-order valence-corrected chi connectivity index (χ0v) is 16.2. The van der Waals surface area contributed by atoms with Crippen molar-refractivity contribution in [3.63, 3.8) is 0 Å². The van der Waals surface area contributed by atoms with Gasteiger partial charge in [0.15, 0.2) is 0 Å². The number of halogens is 1. The van der Waals surface area contributed by atoms with Gasteiger partial charge in [-0.1, -0.05) is 12.1 Å². The van der Waals surface area contributed by atoms with Gasteiger partial charge in [0, 0.05) is 35.8 Å². The van der Waals surface area contributed by atoms with Gasteiger partial charge in [-0.05, 0) is 48.6 Å². The van der Waals surface area contributed by atoms with E-state index in [-0.39, 0.29) is 17.6 Å². The van der Waals surface area contributed by atoms with Gasteiger partial charge in [0.1, 0.15) is 5.82 Å². The number of hydrogen-bond donors (Lipinski definition) is 1. The Hall–Kier alpha value is -2.80. The lowest BCUT2D eigenvalue weighted by atomic mass is 9.94. The first-order chi connectivity index (χ1) is 13.7. The minimum Gasteiger partial charge on any atom is -0.342 e. The van der Waals surface area contributed by atoms with Crippen molar-refractivity contribution in [2.45, 2.75) is 25.2 Å². The molecule has 1 saturated heterocycles. The summed E-state index contributed by atoms with van der Waals surface area (Å²) in [5.74, 6) is 0.467. The zero-order valence-electron chi connectivity index (χ0n) is 15.3. The summed E-state index contributed by atoms with van der Waals surface area (Å²) in [6.45, 7) is 1.46. The molecule has 144 valence electrons. The molecule has 0 saturated carbocycles. The van der Waals surface area contributed by atoms with Crippen LogP contribution in [0.15, 0.2) is 54.0 Å². The minimum atomic E-state index is -0.312. The highest BCUT2D eigenvalue weighted by molar-refractivity contribution is 7.10. The number of likely N-dealkylation sites (tertiary alicyclic amines) is 1. The van der Waals surface area contributed by atoms with Gasteiger partial charge in [0.2, 0.25) is 11.9 Å². The predicted octanol–water partition coefficient (Wildman–Crippen LogP) is 4.37. The summed E-state index contributed by atoms with van der Waals surface area (Å²) in [5.41, 5.74) is 1.51. The van der Waals surface area contributed by atoms with Crippen LogP contribution in [-0.2, 0) is 11.2 Å². The topological polar surface area (TPSA) is 58.1 Å². The second-order valence-corrected chi connectivity index (χ2v) is 7.91. The van der Waals surface area contributed by atoms with Crippen LogP contribution in [0.3, 0.4) is 0 Å². The Balaban J connectivity index is 1.44. The Labute approximate surface area is 167 Å². The molecule has 1 aliphatic rings. The Kier molecular flexibility index (Phi) is 5.62. The number of aromatic nitrogens is 2. The van der Waals surface area contributed by atoms with Crippen LogP contribution in [0, 0.1) is 5.82 Å². The molecule has 4 rings (SSSR count). The third kappa shape index (κ3) is 4.54. The first-order valence-electron chi connectivity index (χ1n) is 9.33. The third-order valence-corrected chi connectivity index (χ3v) is 5.73. The molecule has 0 aliphatic carbocycles. The molecule has 3 aromatic rings. The fourth-order valence-electron chi connectivity index (χ4n) is 3.47. The summed E-state index contributed by atoms with van der Waals surface area (Å²) in [6.07, 6.45) is 4.10. The van der Waals surface area contributed by atoms with Crippen LogP contribution in [0.4, 0.5) is 16.0 Å². The fraction of sp³-hybridized carbons (Fsp3) is 0.286. The van der Waals surface area contributed by atoms with E-state index in [1.807, 2.05) is 28.5 Å². The molecule has 1 fully saturated rings. The van der Waals surface area contributed by atoms with E-state index in [9.17, 15) is 9.18 Å². The molecule has 1 amide bonds. The van der Waals surface area contributed by atoms with Crippen molar-refractivity contribution in [1.82, 2.24) is 14.9 Å². The zero-order chi connectivity index (χ0) is 19.3. The minimum absolute atomic E-state index is 0.166. The SMILES string of the molecule is O=C(Cc1cccs1)N1CCCC(c2ccnc(Nc3cccc(F)c3)n2)C1. The second kappa shape index (κ2) is 8.48. The number of piperidine rings is 1. The smallest absolute Gasteiger partial charge is 0.227 e. The monoisotopic (exact) mass is 396 g/mol. The van der Waals surface area contributed by atoms with Crippen LogP contribution in [0.1, 0.15) is 29.3 Å². The number of benzene rings is 1. The fourth-order valence-corrected chi connectivity index (χ4v) is 4.17. The summed E-state index contributed by atoms with van der Waals surface area (Å²) < 4.78 is 13.4. The molecule has 1 N–H and O–H groups in total. The van der Waals surface area contributed by atoms with Gasteiger partial charge in [-0.25, -0.2) is 14.4 Å². The molecule has 3 heterocycles. The standard InChI is InChI=1S/C21H21FN4OS/c22-16-5-1-6-17(12-16)24-21-23-9-8-19(25-21)15-4-2-10-26(14-15)20(27)13-18-7-3-11-28-18/h1,3,5-9,11-12,15H,2,4,10,13-14H2,(H,23,24,25). The van der Waals surface area contributed by atoms with Gasteiger partial charge in [-0.3, -0.25) is 4.79 Å². The highest BCUT2D eigenvalue weighted by Gasteiger charge is 2.26. The number of nitrogens with one attached hydrogen (secondary N) is 1. The van der Waals surface area contributed by atoms with Crippen LogP contribution in [0.2, 0.25) is 0 Å². The van der Waals surface area contributed by atoms with Crippen molar-refractivity contribution >= 4 is 28.9 Å². The van der Waals surface area contributed by atoms with Crippen LogP contribution in [0.5, 0.6) is 0 Å². The van der Waals surface area contributed by atoms with Crippen molar-refractivity contribution in [2.75, 3.05) is 18.4 Å². The number of nitrogens with zero attached hydrogens (tertiary/aromatic N) is 3. The Morgan fingerprint density at radius 2 is 2.21 bits per heavy atom. The van der Waals surface area contributed by atoms with Crippen molar-refractivity contribution in [1.29, 1.82) is 0 Å². The molecule has 0 bridgehead atoms. The second-order valence-electron chi connectivity index (χ2n) is 6.88. The number of anilines is 2. The van der Waals surface area contributed by atoms with E-state index >= 15 is 0 Å². The molecular weight excluding hydrogens is 375 g/mol. The maximum atomic E-state index is 13.4. The number of amides is 1. The van der Waals surface area contributed by atoms with Gasteiger partial charge < -0.3 is 10.2 Å². The van der Waals surface area contributed by atoms with Crippen molar-refractivity contribution in [2.24, 2.45) is 0 Å². The molecule has 28 heavy (non-hydrogen) atoms. The summed E-state index contributed by atoms with van der Waals surface area (Å²) in [6, 6.07) is 12.1. The van der Waals surface area contributed by atoms with E-state index in [1.165, 1.54) is 12.1 Å². The lowest BCUT2D eigenvalue weighted by Crippen LogP contribution is -2.40. The molecule has 1 unspecified atom stereocenters. The first-order valence-corrected chi connectivity index (χ1v) is 10.2. The lowest BCUT2D eigenvalue weighted by Gasteiger charge is -2.32. The van der Waals surface area contributed by atoms with Crippen LogP contribution < -0.4 is 5.32 Å². The summed E-state index contributed by atoms with van der Waals surface area (Å²) >= 11 is 1.61. The number of carbonyl (C=O) groups excluding carboxylic acids is 1. The van der Waals surface area contributed by atoms with Crippen molar-refractivity contribution < 1.29 is 9.18 Å². The predicted molar refractivity (Wildman–Crippen MR) is 108 cm³/mol. The molecule has 1 aromatic carbocycles. The van der Waals surface area contributed by atoms with Gasteiger partial charge in [-0.2, -0.15) is 0 Å². The van der Waals surface area contributed by atoms with Gasteiger partial charge in [0.05, 0.1) is 12.1 Å². The van der Waals surface area contributed by atoms with Gasteiger partial charge >= 0.3 is 0 Å². The number of rotatable bonds is 5. The molecule has 1 atom stereocenters. The Morgan fingerprint density at radius 3 is 3.04 bits per heavy atom. The van der Waals surface area contributed by atoms with E-state index in [0.717, 1.165) is 30.0 Å². The average molecular weight is 396 g/mol. The highest BCUT2D eigenvalue weighted by Crippen LogP contribution is 2.27.